The Balaban J connectivity index is 3.50. The van der Waals surface area contributed by atoms with Gasteiger partial charge in [0, 0.05) is 12.8 Å². The normalized spacial score (nSPS) is 11.4. The van der Waals surface area contributed by atoms with Gasteiger partial charge in [0.05, 0.1) is 7.11 Å². The van der Waals surface area contributed by atoms with E-state index in [0.29, 0.717) is 6.42 Å². The molecule has 0 rings (SSSR count). The van der Waals surface area contributed by atoms with E-state index in [2.05, 4.69) is 23.5 Å². The number of carbonyl (C=O) groups is 1. The van der Waals surface area contributed by atoms with Gasteiger partial charge in [-0.05, 0) is 12.8 Å². The van der Waals surface area contributed by atoms with Crippen LogP contribution in [0.3, 0.4) is 0 Å². The van der Waals surface area contributed by atoms with Gasteiger partial charge >= 0.3 is 5.97 Å². The Kier molecular flexibility index (Phi) is 9.84. The summed E-state index contributed by atoms with van der Waals surface area (Å²) in [5, 5.41) is 9.41. The molecule has 1 atom stereocenters. The Labute approximate surface area is 98.2 Å². The molecule has 16 heavy (non-hydrogen) atoms. The van der Waals surface area contributed by atoms with Crippen LogP contribution in [0.1, 0.15) is 51.9 Å². The van der Waals surface area contributed by atoms with Crippen molar-refractivity contribution in [3.05, 3.63) is 0 Å². The summed E-state index contributed by atoms with van der Waals surface area (Å²) in [6, 6.07) is 0. The molecule has 0 fully saturated rings. The molecule has 0 aromatic heterocycles. The molecule has 0 bridgehead atoms. The molecule has 3 nitrogen and oxygen atoms in total. The fourth-order valence-corrected chi connectivity index (χ4v) is 1.26. The number of rotatable bonds is 7. The Hall–Kier alpha value is -1.01. The second kappa shape index (κ2) is 10.5. The molecule has 0 saturated carbocycles. The minimum atomic E-state index is -0.703. The van der Waals surface area contributed by atoms with Crippen LogP contribution in [0.15, 0.2) is 0 Å². The fourth-order valence-electron chi connectivity index (χ4n) is 1.26. The van der Waals surface area contributed by atoms with Crippen molar-refractivity contribution in [3.63, 3.8) is 0 Å². The molecule has 0 aliphatic carbocycles. The van der Waals surface area contributed by atoms with Gasteiger partial charge in [0.2, 0.25) is 0 Å². The van der Waals surface area contributed by atoms with Gasteiger partial charge in [-0.15, -0.1) is 5.92 Å². The number of aliphatic hydroxyl groups excluding tert-OH is 1. The number of unbranched alkanes of at least 4 members (excludes halogenated alkanes) is 4. The Morgan fingerprint density at radius 3 is 2.75 bits per heavy atom. The molecule has 0 aromatic rings. The van der Waals surface area contributed by atoms with E-state index < -0.39 is 6.10 Å². The highest BCUT2D eigenvalue weighted by Gasteiger charge is 2.04. The van der Waals surface area contributed by atoms with Gasteiger partial charge in [-0.1, -0.05) is 32.1 Å². The molecular weight excluding hydrogens is 204 g/mol. The van der Waals surface area contributed by atoms with E-state index in [1.807, 2.05) is 0 Å². The third-order valence-corrected chi connectivity index (χ3v) is 2.27. The minimum Gasteiger partial charge on any atom is -0.469 e. The first-order valence-corrected chi connectivity index (χ1v) is 5.94. The van der Waals surface area contributed by atoms with Gasteiger partial charge in [0.1, 0.15) is 6.10 Å². The second-order valence-corrected chi connectivity index (χ2v) is 3.76. The number of aliphatic hydroxyl groups is 1. The summed E-state index contributed by atoms with van der Waals surface area (Å²) < 4.78 is 4.47. The Morgan fingerprint density at radius 1 is 1.38 bits per heavy atom. The summed E-state index contributed by atoms with van der Waals surface area (Å²) in [5.41, 5.74) is 0. The zero-order chi connectivity index (χ0) is 12.2. The summed E-state index contributed by atoms with van der Waals surface area (Å²) in [4.78, 5) is 10.8. The molecule has 0 spiro atoms. The standard InChI is InChI=1S/C13H22O3/c1-3-4-5-6-7-8-9-12(14)10-11-13(15)16-2/h12,14H,3-7,10-11H2,1-2H3/t12-/m0/s1. The monoisotopic (exact) mass is 226 g/mol. The number of ether oxygens (including phenoxy) is 1. The summed E-state index contributed by atoms with van der Waals surface area (Å²) >= 11 is 0. The smallest absolute Gasteiger partial charge is 0.305 e. The van der Waals surface area contributed by atoms with Crippen molar-refractivity contribution in [2.24, 2.45) is 0 Å². The predicted octanol–water partition coefficient (Wildman–Crippen LogP) is 2.27. The summed E-state index contributed by atoms with van der Waals surface area (Å²) in [6.45, 7) is 2.17. The molecule has 0 amide bonds. The first-order valence-electron chi connectivity index (χ1n) is 5.94. The third kappa shape index (κ3) is 9.54. The van der Waals surface area contributed by atoms with Crippen LogP contribution in [-0.2, 0) is 9.53 Å². The van der Waals surface area contributed by atoms with Crippen molar-refractivity contribution in [1.29, 1.82) is 0 Å². The van der Waals surface area contributed by atoms with E-state index in [4.69, 9.17) is 0 Å². The average molecular weight is 226 g/mol. The van der Waals surface area contributed by atoms with Crippen LogP contribution < -0.4 is 0 Å². The molecule has 0 saturated heterocycles. The highest BCUT2D eigenvalue weighted by atomic mass is 16.5. The molecule has 1 N–H and O–H groups in total. The van der Waals surface area contributed by atoms with E-state index in [1.54, 1.807) is 0 Å². The highest BCUT2D eigenvalue weighted by Crippen LogP contribution is 2.02. The van der Waals surface area contributed by atoms with Gasteiger partial charge in [-0.2, -0.15) is 0 Å². The van der Waals surface area contributed by atoms with Crippen LogP contribution in [0.25, 0.3) is 0 Å². The van der Waals surface area contributed by atoms with Gasteiger partial charge < -0.3 is 9.84 Å². The van der Waals surface area contributed by atoms with Crippen LogP contribution in [0.4, 0.5) is 0 Å². The molecule has 0 aromatic carbocycles. The lowest BCUT2D eigenvalue weighted by Crippen LogP contribution is -2.08. The van der Waals surface area contributed by atoms with E-state index >= 15 is 0 Å². The van der Waals surface area contributed by atoms with Crippen molar-refractivity contribution in [1.82, 2.24) is 0 Å². The van der Waals surface area contributed by atoms with Crippen LogP contribution in [0.2, 0.25) is 0 Å². The number of methoxy groups -OCH3 is 1. The molecular formula is C13H22O3. The second-order valence-electron chi connectivity index (χ2n) is 3.76. The van der Waals surface area contributed by atoms with E-state index in [1.165, 1.54) is 26.4 Å². The maximum atomic E-state index is 10.8. The lowest BCUT2D eigenvalue weighted by atomic mass is 10.1. The SMILES string of the molecule is CCCCCCC#C[C@H](O)CCC(=O)OC. The zero-order valence-corrected chi connectivity index (χ0v) is 10.3. The van der Waals surface area contributed by atoms with Gasteiger partial charge in [0.15, 0.2) is 0 Å². The highest BCUT2D eigenvalue weighted by molar-refractivity contribution is 5.69. The van der Waals surface area contributed by atoms with Crippen molar-refractivity contribution < 1.29 is 14.6 Å². The Morgan fingerprint density at radius 2 is 2.12 bits per heavy atom. The number of hydrogen-bond acceptors (Lipinski definition) is 3. The van der Waals surface area contributed by atoms with Gasteiger partial charge in [0.25, 0.3) is 0 Å². The maximum Gasteiger partial charge on any atom is 0.305 e. The Bertz CT molecular complexity index is 237. The quantitative estimate of drug-likeness (QED) is 0.411. The average Bonchev–Trinajstić information content (AvgIpc) is 2.30. The molecule has 0 aliphatic rings. The van der Waals surface area contributed by atoms with E-state index in [9.17, 15) is 9.90 Å². The van der Waals surface area contributed by atoms with Crippen molar-refractivity contribution in [2.45, 2.75) is 58.0 Å². The largest absolute Gasteiger partial charge is 0.469 e. The predicted molar refractivity (Wildman–Crippen MR) is 63.8 cm³/mol. The molecule has 3 heteroatoms. The van der Waals surface area contributed by atoms with Crippen molar-refractivity contribution >= 4 is 5.97 Å². The van der Waals surface area contributed by atoms with Crippen LogP contribution in [0, 0.1) is 11.8 Å². The summed E-state index contributed by atoms with van der Waals surface area (Å²) in [6.07, 6.45) is 5.45. The first kappa shape index (κ1) is 15.0. The topological polar surface area (TPSA) is 46.5 Å². The summed E-state index contributed by atoms with van der Waals surface area (Å²) in [5.74, 6) is 5.37. The van der Waals surface area contributed by atoms with E-state index in [-0.39, 0.29) is 12.4 Å². The van der Waals surface area contributed by atoms with Crippen LogP contribution in [0.5, 0.6) is 0 Å². The molecule has 0 radical (unpaired) electrons. The lowest BCUT2D eigenvalue weighted by molar-refractivity contribution is -0.141. The number of esters is 1. The molecule has 0 aliphatic heterocycles. The van der Waals surface area contributed by atoms with Gasteiger partial charge in [-0.3, -0.25) is 4.79 Å². The van der Waals surface area contributed by atoms with Crippen LogP contribution in [-0.4, -0.2) is 24.3 Å². The van der Waals surface area contributed by atoms with E-state index in [0.717, 1.165) is 12.8 Å². The lowest BCUT2D eigenvalue weighted by Gasteiger charge is -2.01. The minimum absolute atomic E-state index is 0.224. The number of hydrogen-bond donors (Lipinski definition) is 1. The molecule has 0 heterocycles. The van der Waals surface area contributed by atoms with Crippen molar-refractivity contribution in [3.8, 4) is 11.8 Å². The maximum absolute atomic E-state index is 10.8. The zero-order valence-electron chi connectivity index (χ0n) is 10.3. The first-order chi connectivity index (χ1) is 7.70. The van der Waals surface area contributed by atoms with Gasteiger partial charge in [-0.25, -0.2) is 0 Å². The van der Waals surface area contributed by atoms with Crippen molar-refractivity contribution in [2.75, 3.05) is 7.11 Å². The molecule has 92 valence electrons. The van der Waals surface area contributed by atoms with Crippen LogP contribution >= 0.6 is 0 Å². The third-order valence-electron chi connectivity index (χ3n) is 2.27. The summed E-state index contributed by atoms with van der Waals surface area (Å²) in [7, 11) is 1.34. The fraction of sp³-hybridized carbons (Fsp3) is 0.769. The molecule has 0 unspecified atom stereocenters. The number of carbonyl (C=O) groups excluding carboxylic acids is 1.